The zero-order valence-corrected chi connectivity index (χ0v) is 11.8. The molecule has 21 heavy (non-hydrogen) atoms. The number of hydrogen-bond acceptors (Lipinski definition) is 4. The van der Waals surface area contributed by atoms with Crippen LogP contribution in [0.4, 0.5) is 10.1 Å². The first kappa shape index (κ1) is 15.4. The van der Waals surface area contributed by atoms with E-state index in [0.29, 0.717) is 6.54 Å². The number of nitrogens with one attached hydrogen (secondary N) is 1. The number of benzene rings is 1. The molecular formula is C14H18FN3O3. The number of amides is 1. The molecule has 1 amide bonds. The van der Waals surface area contributed by atoms with Gasteiger partial charge in [0.25, 0.3) is 5.91 Å². The highest BCUT2D eigenvalue weighted by Gasteiger charge is 2.20. The molecule has 1 aliphatic rings. The highest BCUT2D eigenvalue weighted by Crippen LogP contribution is 2.18. The third-order valence-corrected chi connectivity index (χ3v) is 3.73. The van der Waals surface area contributed by atoms with E-state index in [-0.39, 0.29) is 11.6 Å². The molecule has 1 N–H and O–H groups in total. The minimum absolute atomic E-state index is 0.0896. The van der Waals surface area contributed by atoms with Gasteiger partial charge in [0.1, 0.15) is 0 Å². The number of nitro groups is 1. The number of hydrogen-bond donors (Lipinski definition) is 1. The fraction of sp³-hybridized carbons (Fsp3) is 0.500. The van der Waals surface area contributed by atoms with Crippen molar-refractivity contribution in [2.75, 3.05) is 19.6 Å². The molecule has 1 unspecified atom stereocenters. The van der Waals surface area contributed by atoms with Gasteiger partial charge in [0.15, 0.2) is 0 Å². The number of likely N-dealkylation sites (tertiary alicyclic amines) is 1. The predicted molar refractivity (Wildman–Crippen MR) is 75.7 cm³/mol. The van der Waals surface area contributed by atoms with E-state index < -0.39 is 22.3 Å². The standard InChI is InChI=1S/C14H18FN3O3/c1-10(17-6-2-3-7-17)9-16-14(19)11-4-5-13(18(20)21)12(15)8-11/h4-5,8,10H,2-3,6-7,9H2,1H3,(H,16,19). The molecule has 1 saturated heterocycles. The van der Waals surface area contributed by atoms with Crippen LogP contribution in [0.1, 0.15) is 30.1 Å². The van der Waals surface area contributed by atoms with Crippen LogP contribution in [0.5, 0.6) is 0 Å². The fourth-order valence-corrected chi connectivity index (χ4v) is 2.45. The van der Waals surface area contributed by atoms with Gasteiger partial charge in [0.2, 0.25) is 5.82 Å². The Bertz CT molecular complexity index is 544. The number of nitro benzene ring substituents is 1. The molecule has 114 valence electrons. The number of rotatable bonds is 5. The van der Waals surface area contributed by atoms with E-state index in [0.717, 1.165) is 25.2 Å². The SMILES string of the molecule is CC(CNC(=O)c1ccc([N+](=O)[O-])c(F)c1)N1CCCC1. The summed E-state index contributed by atoms with van der Waals surface area (Å²) < 4.78 is 13.5. The van der Waals surface area contributed by atoms with E-state index >= 15 is 0 Å². The van der Waals surface area contributed by atoms with Gasteiger partial charge >= 0.3 is 5.69 Å². The highest BCUT2D eigenvalue weighted by molar-refractivity contribution is 5.94. The van der Waals surface area contributed by atoms with E-state index in [2.05, 4.69) is 10.2 Å². The lowest BCUT2D eigenvalue weighted by atomic mass is 10.2. The van der Waals surface area contributed by atoms with E-state index in [9.17, 15) is 19.3 Å². The Morgan fingerprint density at radius 1 is 1.48 bits per heavy atom. The second-order valence-corrected chi connectivity index (χ2v) is 5.23. The van der Waals surface area contributed by atoms with Crippen molar-refractivity contribution in [1.82, 2.24) is 10.2 Å². The maximum atomic E-state index is 13.5. The molecule has 0 radical (unpaired) electrons. The number of halogens is 1. The van der Waals surface area contributed by atoms with Crippen molar-refractivity contribution in [1.29, 1.82) is 0 Å². The average molecular weight is 295 g/mol. The Balaban J connectivity index is 1.94. The summed E-state index contributed by atoms with van der Waals surface area (Å²) in [6.07, 6.45) is 2.34. The van der Waals surface area contributed by atoms with Gasteiger partial charge in [0, 0.05) is 24.2 Å². The van der Waals surface area contributed by atoms with Crippen LogP contribution in [0.15, 0.2) is 18.2 Å². The van der Waals surface area contributed by atoms with Crippen LogP contribution in [0.3, 0.4) is 0 Å². The maximum Gasteiger partial charge on any atom is 0.304 e. The van der Waals surface area contributed by atoms with Crippen molar-refractivity contribution in [3.05, 3.63) is 39.7 Å². The van der Waals surface area contributed by atoms with Crippen LogP contribution in [-0.2, 0) is 0 Å². The number of carbonyl (C=O) groups is 1. The number of carbonyl (C=O) groups excluding carboxylic acids is 1. The number of nitrogens with zero attached hydrogens (tertiary/aromatic N) is 2. The summed E-state index contributed by atoms with van der Waals surface area (Å²) in [5.41, 5.74) is -0.538. The van der Waals surface area contributed by atoms with Crippen molar-refractivity contribution >= 4 is 11.6 Å². The maximum absolute atomic E-state index is 13.5. The summed E-state index contributed by atoms with van der Waals surface area (Å²) in [5, 5.41) is 13.3. The molecular weight excluding hydrogens is 277 g/mol. The highest BCUT2D eigenvalue weighted by atomic mass is 19.1. The Kier molecular flexibility index (Phi) is 4.85. The van der Waals surface area contributed by atoms with Gasteiger partial charge in [-0.05, 0) is 45.0 Å². The van der Waals surface area contributed by atoms with Crippen molar-refractivity contribution in [3.63, 3.8) is 0 Å². The van der Waals surface area contributed by atoms with Gasteiger partial charge in [-0.2, -0.15) is 4.39 Å². The summed E-state index contributed by atoms with van der Waals surface area (Å²) in [6, 6.07) is 3.39. The Morgan fingerprint density at radius 3 is 2.71 bits per heavy atom. The van der Waals surface area contributed by atoms with E-state index in [1.165, 1.54) is 18.9 Å². The minimum atomic E-state index is -1.000. The lowest BCUT2D eigenvalue weighted by Gasteiger charge is -2.23. The summed E-state index contributed by atoms with van der Waals surface area (Å²) in [5.74, 6) is -1.42. The van der Waals surface area contributed by atoms with Crippen molar-refractivity contribution in [2.24, 2.45) is 0 Å². The molecule has 6 nitrogen and oxygen atoms in total. The summed E-state index contributed by atoms with van der Waals surface area (Å²) in [6.45, 7) is 4.56. The summed E-state index contributed by atoms with van der Waals surface area (Å²) >= 11 is 0. The van der Waals surface area contributed by atoms with Crippen molar-refractivity contribution < 1.29 is 14.1 Å². The van der Waals surface area contributed by atoms with Crippen LogP contribution >= 0.6 is 0 Å². The fourth-order valence-electron chi connectivity index (χ4n) is 2.45. The molecule has 0 saturated carbocycles. The molecule has 1 atom stereocenters. The molecule has 1 fully saturated rings. The Hall–Kier alpha value is -2.02. The quantitative estimate of drug-likeness (QED) is 0.665. The largest absolute Gasteiger partial charge is 0.350 e. The second kappa shape index (κ2) is 6.62. The monoisotopic (exact) mass is 295 g/mol. The third-order valence-electron chi connectivity index (χ3n) is 3.73. The molecule has 0 aromatic heterocycles. The van der Waals surface area contributed by atoms with Gasteiger partial charge in [-0.3, -0.25) is 19.8 Å². The predicted octanol–water partition coefficient (Wildman–Crippen LogP) is 1.95. The topological polar surface area (TPSA) is 75.5 Å². The molecule has 2 rings (SSSR count). The smallest absolute Gasteiger partial charge is 0.304 e. The third kappa shape index (κ3) is 3.75. The zero-order valence-electron chi connectivity index (χ0n) is 11.8. The molecule has 1 aromatic rings. The van der Waals surface area contributed by atoms with Gasteiger partial charge in [-0.1, -0.05) is 0 Å². The normalized spacial score (nSPS) is 16.7. The molecule has 7 heteroatoms. The molecule has 1 aliphatic heterocycles. The second-order valence-electron chi connectivity index (χ2n) is 5.23. The Morgan fingerprint density at radius 2 is 2.14 bits per heavy atom. The summed E-state index contributed by atoms with van der Waals surface area (Å²) in [4.78, 5) is 23.9. The van der Waals surface area contributed by atoms with Crippen LogP contribution in [0, 0.1) is 15.9 Å². The van der Waals surface area contributed by atoms with Crippen LogP contribution in [0.25, 0.3) is 0 Å². The zero-order chi connectivity index (χ0) is 15.4. The molecule has 1 heterocycles. The first-order valence-electron chi connectivity index (χ1n) is 6.95. The van der Waals surface area contributed by atoms with Crippen molar-refractivity contribution in [2.45, 2.75) is 25.8 Å². The van der Waals surface area contributed by atoms with Gasteiger partial charge < -0.3 is 5.32 Å². The minimum Gasteiger partial charge on any atom is -0.350 e. The van der Waals surface area contributed by atoms with Gasteiger partial charge in [-0.15, -0.1) is 0 Å². The molecule has 0 spiro atoms. The van der Waals surface area contributed by atoms with E-state index in [4.69, 9.17) is 0 Å². The van der Waals surface area contributed by atoms with E-state index in [1.54, 1.807) is 0 Å². The first-order chi connectivity index (χ1) is 9.99. The Labute approximate surface area is 122 Å². The van der Waals surface area contributed by atoms with Gasteiger partial charge in [-0.25, -0.2) is 0 Å². The van der Waals surface area contributed by atoms with Gasteiger partial charge in [0.05, 0.1) is 4.92 Å². The first-order valence-corrected chi connectivity index (χ1v) is 6.95. The van der Waals surface area contributed by atoms with E-state index in [1.807, 2.05) is 6.92 Å². The molecule has 0 aliphatic carbocycles. The van der Waals surface area contributed by atoms with Crippen LogP contribution in [-0.4, -0.2) is 41.4 Å². The van der Waals surface area contributed by atoms with Crippen molar-refractivity contribution in [3.8, 4) is 0 Å². The van der Waals surface area contributed by atoms with Crippen LogP contribution < -0.4 is 5.32 Å². The molecule has 0 bridgehead atoms. The lowest BCUT2D eigenvalue weighted by Crippen LogP contribution is -2.40. The van der Waals surface area contributed by atoms with Crippen LogP contribution in [0.2, 0.25) is 0 Å². The average Bonchev–Trinajstić information content (AvgIpc) is 2.98. The molecule has 1 aromatic carbocycles. The summed E-state index contributed by atoms with van der Waals surface area (Å²) in [7, 11) is 0. The lowest BCUT2D eigenvalue weighted by molar-refractivity contribution is -0.387.